The minimum absolute atomic E-state index is 0.0225. The van der Waals surface area contributed by atoms with Crippen LogP contribution in [0.15, 0.2) is 60.7 Å². The van der Waals surface area contributed by atoms with Gasteiger partial charge in [-0.1, -0.05) is 67.6 Å². The van der Waals surface area contributed by atoms with Crippen LogP contribution in [0.5, 0.6) is 0 Å². The number of amides is 2. The van der Waals surface area contributed by atoms with E-state index in [0.717, 1.165) is 12.8 Å². The summed E-state index contributed by atoms with van der Waals surface area (Å²) < 4.78 is 0. The number of hydrogen-bond donors (Lipinski definition) is 1. The molecule has 2 aromatic rings. The van der Waals surface area contributed by atoms with Crippen LogP contribution in [0, 0.1) is 0 Å². The predicted octanol–water partition coefficient (Wildman–Crippen LogP) is 3.20. The minimum Gasteiger partial charge on any atom is -0.340 e. The molecule has 0 unspecified atom stereocenters. The molecule has 6 nitrogen and oxygen atoms in total. The fourth-order valence-electron chi connectivity index (χ4n) is 4.13. The first kappa shape index (κ1) is 23.0. The summed E-state index contributed by atoms with van der Waals surface area (Å²) in [6.07, 6.45) is 1.85. The van der Waals surface area contributed by atoms with Gasteiger partial charge in [-0.25, -0.2) is 5.06 Å². The van der Waals surface area contributed by atoms with Crippen molar-refractivity contribution >= 4 is 11.8 Å². The maximum atomic E-state index is 13.5. The lowest BCUT2D eigenvalue weighted by Gasteiger charge is -2.29. The highest BCUT2D eigenvalue weighted by Gasteiger charge is 2.34. The number of nitrogens with one attached hydrogen (secondary N) is 1. The first-order chi connectivity index (χ1) is 15.0. The standard InChI is InChI=1S/C25H33N3O3/c1-4-21-15-16-28(25(30)23(26-21)17-24(29)27(2)31-3)18-22(19-11-7-5-8-12-19)20-13-9-6-10-14-20/h5-14,21-23,26H,4,15-18H2,1-3H3/t21-,23+/m1/s1. The second-order valence-electron chi connectivity index (χ2n) is 8.05. The Kier molecular flexibility index (Phi) is 8.20. The summed E-state index contributed by atoms with van der Waals surface area (Å²) in [6, 6.07) is 20.2. The Bertz CT molecular complexity index is 804. The van der Waals surface area contributed by atoms with Gasteiger partial charge in [0.25, 0.3) is 0 Å². The summed E-state index contributed by atoms with van der Waals surface area (Å²) in [7, 11) is 3.02. The Morgan fingerprint density at radius 1 is 1.13 bits per heavy atom. The molecule has 0 bridgehead atoms. The van der Waals surface area contributed by atoms with Gasteiger partial charge >= 0.3 is 0 Å². The van der Waals surface area contributed by atoms with Gasteiger partial charge in [-0.3, -0.25) is 14.4 Å². The summed E-state index contributed by atoms with van der Waals surface area (Å²) in [5, 5.41) is 4.60. The third-order valence-corrected chi connectivity index (χ3v) is 6.10. The molecule has 3 rings (SSSR count). The predicted molar refractivity (Wildman–Crippen MR) is 121 cm³/mol. The van der Waals surface area contributed by atoms with E-state index in [1.54, 1.807) is 7.05 Å². The second kappa shape index (κ2) is 11.1. The van der Waals surface area contributed by atoms with Crippen LogP contribution < -0.4 is 5.32 Å². The molecule has 1 saturated heterocycles. The molecule has 31 heavy (non-hydrogen) atoms. The highest BCUT2D eigenvalue weighted by molar-refractivity contribution is 5.88. The van der Waals surface area contributed by atoms with Gasteiger partial charge in [0.15, 0.2) is 0 Å². The lowest BCUT2D eigenvalue weighted by Crippen LogP contribution is -2.49. The first-order valence-corrected chi connectivity index (χ1v) is 11.0. The Morgan fingerprint density at radius 3 is 2.23 bits per heavy atom. The van der Waals surface area contributed by atoms with Gasteiger partial charge in [0.1, 0.15) is 0 Å². The van der Waals surface area contributed by atoms with Crippen molar-refractivity contribution in [2.24, 2.45) is 0 Å². The number of rotatable bonds is 8. The summed E-state index contributed by atoms with van der Waals surface area (Å²) in [4.78, 5) is 32.9. The van der Waals surface area contributed by atoms with E-state index in [-0.39, 0.29) is 30.2 Å². The van der Waals surface area contributed by atoms with E-state index in [1.165, 1.54) is 23.3 Å². The molecule has 0 aliphatic carbocycles. The normalized spacial score (nSPS) is 19.4. The van der Waals surface area contributed by atoms with Crippen LogP contribution in [0.25, 0.3) is 0 Å². The zero-order chi connectivity index (χ0) is 22.2. The van der Waals surface area contributed by atoms with E-state index in [2.05, 4.69) is 36.5 Å². The van der Waals surface area contributed by atoms with Gasteiger partial charge < -0.3 is 10.2 Å². The maximum absolute atomic E-state index is 13.5. The minimum atomic E-state index is -0.551. The van der Waals surface area contributed by atoms with E-state index >= 15 is 0 Å². The topological polar surface area (TPSA) is 61.9 Å². The number of hydrogen-bond acceptors (Lipinski definition) is 4. The summed E-state index contributed by atoms with van der Waals surface area (Å²) in [6.45, 7) is 3.36. The Morgan fingerprint density at radius 2 is 1.71 bits per heavy atom. The van der Waals surface area contributed by atoms with E-state index < -0.39 is 6.04 Å². The van der Waals surface area contributed by atoms with Crippen LogP contribution >= 0.6 is 0 Å². The van der Waals surface area contributed by atoms with Gasteiger partial charge in [0.2, 0.25) is 11.8 Å². The van der Waals surface area contributed by atoms with Crippen LogP contribution in [-0.2, 0) is 14.4 Å². The highest BCUT2D eigenvalue weighted by atomic mass is 16.7. The molecule has 0 spiro atoms. The Hall–Kier alpha value is -2.70. The molecule has 1 fully saturated rings. The average molecular weight is 424 g/mol. The number of carbonyl (C=O) groups is 2. The molecule has 1 N–H and O–H groups in total. The molecular weight excluding hydrogens is 390 g/mol. The molecule has 2 amide bonds. The first-order valence-electron chi connectivity index (χ1n) is 11.0. The molecule has 1 aliphatic rings. The maximum Gasteiger partial charge on any atom is 0.247 e. The molecular formula is C25H33N3O3. The van der Waals surface area contributed by atoms with Crippen molar-refractivity contribution in [2.45, 2.75) is 44.2 Å². The fraction of sp³-hybridized carbons (Fsp3) is 0.440. The third kappa shape index (κ3) is 5.93. The Balaban J connectivity index is 1.85. The lowest BCUT2D eigenvalue weighted by atomic mass is 9.90. The Labute approximate surface area is 185 Å². The van der Waals surface area contributed by atoms with Crippen LogP contribution in [-0.4, -0.2) is 61.1 Å². The number of benzene rings is 2. The van der Waals surface area contributed by atoms with Gasteiger partial charge in [0.05, 0.1) is 19.6 Å². The molecule has 1 aliphatic heterocycles. The fourth-order valence-corrected chi connectivity index (χ4v) is 4.13. The molecule has 2 aromatic carbocycles. The van der Waals surface area contributed by atoms with Gasteiger partial charge in [-0.2, -0.15) is 0 Å². The smallest absolute Gasteiger partial charge is 0.247 e. The van der Waals surface area contributed by atoms with E-state index in [1.807, 2.05) is 41.3 Å². The van der Waals surface area contributed by atoms with Crippen LogP contribution in [0.2, 0.25) is 0 Å². The van der Waals surface area contributed by atoms with Crippen molar-refractivity contribution in [1.82, 2.24) is 15.3 Å². The zero-order valence-corrected chi connectivity index (χ0v) is 18.7. The SMILES string of the molecule is CC[C@@H]1CCN(CC(c2ccccc2)c2ccccc2)C(=O)[C@H](CC(=O)N(C)OC)N1. The lowest BCUT2D eigenvalue weighted by molar-refractivity contribution is -0.170. The van der Waals surface area contributed by atoms with Crippen molar-refractivity contribution in [3.63, 3.8) is 0 Å². The molecule has 0 saturated carbocycles. The van der Waals surface area contributed by atoms with Crippen LogP contribution in [0.4, 0.5) is 0 Å². The zero-order valence-electron chi connectivity index (χ0n) is 18.7. The van der Waals surface area contributed by atoms with Gasteiger partial charge in [-0.05, 0) is 24.0 Å². The van der Waals surface area contributed by atoms with Crippen LogP contribution in [0.3, 0.4) is 0 Å². The van der Waals surface area contributed by atoms with Crippen molar-refractivity contribution in [3.05, 3.63) is 71.8 Å². The number of carbonyl (C=O) groups excluding carboxylic acids is 2. The van der Waals surface area contributed by atoms with Gasteiger partial charge in [-0.15, -0.1) is 0 Å². The van der Waals surface area contributed by atoms with Crippen molar-refractivity contribution in [1.29, 1.82) is 0 Å². The third-order valence-electron chi connectivity index (χ3n) is 6.10. The summed E-state index contributed by atoms with van der Waals surface area (Å²) in [5.41, 5.74) is 2.36. The molecule has 2 atom stereocenters. The molecule has 6 heteroatoms. The van der Waals surface area contributed by atoms with Gasteiger partial charge in [0, 0.05) is 32.1 Å². The van der Waals surface area contributed by atoms with E-state index in [4.69, 9.17) is 4.84 Å². The van der Waals surface area contributed by atoms with E-state index in [9.17, 15) is 9.59 Å². The summed E-state index contributed by atoms with van der Waals surface area (Å²) >= 11 is 0. The number of hydroxylamine groups is 2. The van der Waals surface area contributed by atoms with E-state index in [0.29, 0.717) is 13.1 Å². The highest BCUT2D eigenvalue weighted by Crippen LogP contribution is 2.27. The quantitative estimate of drug-likeness (QED) is 0.663. The van der Waals surface area contributed by atoms with Crippen LogP contribution in [0.1, 0.15) is 43.2 Å². The van der Waals surface area contributed by atoms with Crippen molar-refractivity contribution in [3.8, 4) is 0 Å². The largest absolute Gasteiger partial charge is 0.340 e. The number of nitrogens with zero attached hydrogens (tertiary/aromatic N) is 2. The molecule has 166 valence electrons. The second-order valence-corrected chi connectivity index (χ2v) is 8.05. The molecule has 1 heterocycles. The monoisotopic (exact) mass is 423 g/mol. The summed E-state index contributed by atoms with van der Waals surface area (Å²) in [5.74, 6) is -0.166. The average Bonchev–Trinajstić information content (AvgIpc) is 2.96. The van der Waals surface area contributed by atoms with Crippen molar-refractivity contribution < 1.29 is 14.4 Å². The molecule has 0 aromatic heterocycles. The molecule has 0 radical (unpaired) electrons. The van der Waals surface area contributed by atoms with Crippen molar-refractivity contribution in [2.75, 3.05) is 27.2 Å².